The Morgan fingerprint density at radius 3 is 2.85 bits per heavy atom. The van der Waals surface area contributed by atoms with Crippen molar-refractivity contribution in [3.63, 3.8) is 0 Å². The van der Waals surface area contributed by atoms with E-state index < -0.39 is 6.10 Å². The summed E-state index contributed by atoms with van der Waals surface area (Å²) in [6, 6.07) is 6.22. The molecular weight excluding hydrogens is 328 g/mol. The van der Waals surface area contributed by atoms with E-state index in [1.54, 1.807) is 6.33 Å². The van der Waals surface area contributed by atoms with Crippen molar-refractivity contribution < 1.29 is 9.53 Å². The molecule has 2 aromatic rings. The Hall–Kier alpha value is -2.37. The predicted molar refractivity (Wildman–Crippen MR) is 100.0 cm³/mol. The average molecular weight is 356 g/mol. The highest BCUT2D eigenvalue weighted by molar-refractivity contribution is 5.81. The molecule has 26 heavy (non-hydrogen) atoms. The normalized spacial score (nSPS) is 14.5. The molecule has 0 unspecified atom stereocenters. The van der Waals surface area contributed by atoms with Gasteiger partial charge in [0.15, 0.2) is 11.9 Å². The molecule has 1 aromatic carbocycles. The van der Waals surface area contributed by atoms with E-state index in [0.29, 0.717) is 13.0 Å². The van der Waals surface area contributed by atoms with Crippen molar-refractivity contribution in [1.82, 2.24) is 20.1 Å². The maximum absolute atomic E-state index is 12.5. The quantitative estimate of drug-likeness (QED) is 0.789. The SMILES string of the molecule is CCCn1cnnc1CNC(=O)[C@@H](CC)Oc1ccc2c(c1)CCCC2. The average Bonchev–Trinajstić information content (AvgIpc) is 3.11. The fraction of sp³-hybridized carbons (Fsp3) is 0.550. The summed E-state index contributed by atoms with van der Waals surface area (Å²) in [5.41, 5.74) is 2.77. The molecule has 3 rings (SSSR count). The lowest BCUT2D eigenvalue weighted by molar-refractivity contribution is -0.128. The van der Waals surface area contributed by atoms with Crippen LogP contribution in [0.25, 0.3) is 0 Å². The number of aryl methyl sites for hydroxylation is 3. The number of benzene rings is 1. The highest BCUT2D eigenvalue weighted by atomic mass is 16.5. The van der Waals surface area contributed by atoms with Crippen molar-refractivity contribution in [2.75, 3.05) is 0 Å². The van der Waals surface area contributed by atoms with Gasteiger partial charge >= 0.3 is 0 Å². The van der Waals surface area contributed by atoms with Gasteiger partial charge in [-0.1, -0.05) is 19.9 Å². The first-order valence-electron chi connectivity index (χ1n) is 9.64. The smallest absolute Gasteiger partial charge is 0.261 e. The molecule has 1 heterocycles. The van der Waals surface area contributed by atoms with Gasteiger partial charge in [-0.15, -0.1) is 10.2 Å². The molecule has 0 radical (unpaired) electrons. The van der Waals surface area contributed by atoms with Crippen molar-refractivity contribution in [1.29, 1.82) is 0 Å². The molecule has 1 amide bonds. The Morgan fingerprint density at radius 2 is 2.08 bits per heavy atom. The molecular formula is C20H28N4O2. The molecule has 0 bridgehead atoms. The second-order valence-electron chi connectivity index (χ2n) is 6.81. The molecule has 1 aromatic heterocycles. The fourth-order valence-corrected chi connectivity index (χ4v) is 3.39. The van der Waals surface area contributed by atoms with Crippen molar-refractivity contribution >= 4 is 5.91 Å². The Balaban J connectivity index is 1.59. The predicted octanol–water partition coefficient (Wildman–Crippen LogP) is 3.04. The van der Waals surface area contributed by atoms with Gasteiger partial charge in [0.2, 0.25) is 0 Å². The van der Waals surface area contributed by atoms with E-state index >= 15 is 0 Å². The molecule has 0 saturated carbocycles. The number of hydrogen-bond donors (Lipinski definition) is 1. The lowest BCUT2D eigenvalue weighted by atomic mass is 9.92. The summed E-state index contributed by atoms with van der Waals surface area (Å²) in [5.74, 6) is 1.43. The highest BCUT2D eigenvalue weighted by Gasteiger charge is 2.20. The summed E-state index contributed by atoms with van der Waals surface area (Å²) in [6.07, 6.45) is 7.55. The third kappa shape index (κ3) is 4.42. The third-order valence-electron chi connectivity index (χ3n) is 4.84. The number of ether oxygens (including phenoxy) is 1. The molecule has 1 N–H and O–H groups in total. The van der Waals surface area contributed by atoms with E-state index in [2.05, 4.69) is 34.6 Å². The molecule has 6 nitrogen and oxygen atoms in total. The van der Waals surface area contributed by atoms with Crippen molar-refractivity contribution in [3.8, 4) is 5.75 Å². The summed E-state index contributed by atoms with van der Waals surface area (Å²) >= 11 is 0. The van der Waals surface area contributed by atoms with Crippen molar-refractivity contribution in [2.24, 2.45) is 0 Å². The largest absolute Gasteiger partial charge is 0.481 e. The summed E-state index contributed by atoms with van der Waals surface area (Å²) in [4.78, 5) is 12.5. The van der Waals surface area contributed by atoms with Gasteiger partial charge < -0.3 is 14.6 Å². The number of rotatable bonds is 8. The van der Waals surface area contributed by atoms with E-state index in [1.165, 1.54) is 24.0 Å². The highest BCUT2D eigenvalue weighted by Crippen LogP contribution is 2.26. The molecule has 0 saturated heterocycles. The first-order chi connectivity index (χ1) is 12.7. The molecule has 0 aliphatic heterocycles. The van der Waals surface area contributed by atoms with E-state index in [-0.39, 0.29) is 5.91 Å². The molecule has 1 aliphatic carbocycles. The van der Waals surface area contributed by atoms with Crippen LogP contribution < -0.4 is 10.1 Å². The van der Waals surface area contributed by atoms with Gasteiger partial charge in [-0.2, -0.15) is 0 Å². The van der Waals surface area contributed by atoms with Crippen LogP contribution in [-0.2, 0) is 30.7 Å². The first-order valence-corrected chi connectivity index (χ1v) is 9.64. The number of nitrogens with zero attached hydrogens (tertiary/aromatic N) is 3. The lowest BCUT2D eigenvalue weighted by Crippen LogP contribution is -2.38. The minimum atomic E-state index is -0.501. The van der Waals surface area contributed by atoms with Crippen LogP contribution in [0, 0.1) is 0 Å². The molecule has 140 valence electrons. The second-order valence-corrected chi connectivity index (χ2v) is 6.81. The monoisotopic (exact) mass is 356 g/mol. The Kier molecular flexibility index (Phi) is 6.26. The number of hydrogen-bond acceptors (Lipinski definition) is 4. The van der Waals surface area contributed by atoms with Crippen LogP contribution in [0.15, 0.2) is 24.5 Å². The summed E-state index contributed by atoms with van der Waals surface area (Å²) in [5, 5.41) is 10.9. The first kappa shape index (κ1) is 18.4. The second kappa shape index (κ2) is 8.83. The number of nitrogens with one attached hydrogen (secondary N) is 1. The van der Waals surface area contributed by atoms with Crippen LogP contribution in [0.5, 0.6) is 5.75 Å². The van der Waals surface area contributed by atoms with E-state index in [1.807, 2.05) is 17.6 Å². The Bertz CT molecular complexity index is 741. The van der Waals surface area contributed by atoms with Crippen LogP contribution in [0.1, 0.15) is 56.5 Å². The van der Waals surface area contributed by atoms with Crippen molar-refractivity contribution in [2.45, 2.75) is 71.6 Å². The molecule has 6 heteroatoms. The van der Waals surface area contributed by atoms with Gasteiger partial charge in [0.25, 0.3) is 5.91 Å². The molecule has 0 spiro atoms. The Morgan fingerprint density at radius 1 is 1.27 bits per heavy atom. The number of carbonyl (C=O) groups is 1. The van der Waals surface area contributed by atoms with Crippen LogP contribution in [0.4, 0.5) is 0 Å². The standard InChI is InChI=1S/C20H28N4O2/c1-3-11-24-14-22-23-19(24)13-21-20(25)18(4-2)26-17-10-9-15-7-5-6-8-16(15)12-17/h9-10,12,14,18H,3-8,11,13H2,1-2H3,(H,21,25)/t18-/m1/s1. The fourth-order valence-electron chi connectivity index (χ4n) is 3.39. The van der Waals surface area contributed by atoms with Crippen LogP contribution >= 0.6 is 0 Å². The summed E-state index contributed by atoms with van der Waals surface area (Å²) < 4.78 is 7.95. The number of aromatic nitrogens is 3. The minimum absolute atomic E-state index is 0.115. The van der Waals surface area contributed by atoms with E-state index in [4.69, 9.17) is 4.74 Å². The number of amides is 1. The van der Waals surface area contributed by atoms with E-state index in [0.717, 1.165) is 37.4 Å². The summed E-state index contributed by atoms with van der Waals surface area (Å²) in [6.45, 7) is 5.27. The third-order valence-corrected chi connectivity index (χ3v) is 4.84. The summed E-state index contributed by atoms with van der Waals surface area (Å²) in [7, 11) is 0. The van der Waals surface area contributed by atoms with E-state index in [9.17, 15) is 4.79 Å². The van der Waals surface area contributed by atoms with Crippen LogP contribution in [-0.4, -0.2) is 26.8 Å². The molecule has 0 fully saturated rings. The maximum Gasteiger partial charge on any atom is 0.261 e. The topological polar surface area (TPSA) is 69.0 Å². The number of carbonyl (C=O) groups excluding carboxylic acids is 1. The lowest BCUT2D eigenvalue weighted by Gasteiger charge is -2.20. The number of fused-ring (bicyclic) bond motifs is 1. The zero-order valence-corrected chi connectivity index (χ0v) is 15.7. The zero-order valence-electron chi connectivity index (χ0n) is 15.7. The van der Waals surface area contributed by atoms with Gasteiger partial charge in [0.05, 0.1) is 6.54 Å². The molecule has 1 aliphatic rings. The molecule has 1 atom stereocenters. The maximum atomic E-state index is 12.5. The Labute approximate surface area is 155 Å². The minimum Gasteiger partial charge on any atom is -0.481 e. The van der Waals surface area contributed by atoms with Crippen LogP contribution in [0.3, 0.4) is 0 Å². The van der Waals surface area contributed by atoms with Crippen LogP contribution in [0.2, 0.25) is 0 Å². The van der Waals surface area contributed by atoms with Gasteiger partial charge in [0, 0.05) is 6.54 Å². The van der Waals surface area contributed by atoms with Gasteiger partial charge in [-0.25, -0.2) is 0 Å². The zero-order chi connectivity index (χ0) is 18.4. The van der Waals surface area contributed by atoms with Gasteiger partial charge in [-0.3, -0.25) is 4.79 Å². The van der Waals surface area contributed by atoms with Gasteiger partial charge in [-0.05, 0) is 61.8 Å². The van der Waals surface area contributed by atoms with Crippen molar-refractivity contribution in [3.05, 3.63) is 41.5 Å². The van der Waals surface area contributed by atoms with Gasteiger partial charge in [0.1, 0.15) is 12.1 Å².